The molecule has 3 nitrogen and oxygen atoms in total. The van der Waals surface area contributed by atoms with Crippen LogP contribution in [0.2, 0.25) is 0 Å². The van der Waals surface area contributed by atoms with E-state index in [1.165, 1.54) is 18.9 Å². The number of phenolic OH excluding ortho intramolecular Hbond substituents is 1. The summed E-state index contributed by atoms with van der Waals surface area (Å²) in [6.07, 6.45) is 4.14. The van der Waals surface area contributed by atoms with E-state index in [9.17, 15) is 9.50 Å². The molecule has 1 heterocycles. The number of phenols is 1. The maximum Gasteiger partial charge on any atom is 0.169 e. The Kier molecular flexibility index (Phi) is 3.60. The smallest absolute Gasteiger partial charge is 0.169 e. The SMILES string of the molecule is N#Cc1cc(CC2CCCCN2)cc(F)c1O. The summed E-state index contributed by atoms with van der Waals surface area (Å²) < 4.78 is 13.4. The molecule has 0 aromatic heterocycles. The molecule has 0 radical (unpaired) electrons. The number of benzene rings is 1. The Morgan fingerprint density at radius 2 is 2.29 bits per heavy atom. The predicted octanol–water partition coefficient (Wildman–Crippen LogP) is 2.09. The van der Waals surface area contributed by atoms with Crippen molar-refractivity contribution >= 4 is 0 Å². The summed E-state index contributed by atoms with van der Waals surface area (Å²) in [6.45, 7) is 0.996. The van der Waals surface area contributed by atoms with Gasteiger partial charge in [0.05, 0.1) is 5.56 Å². The van der Waals surface area contributed by atoms with Crippen LogP contribution in [0.15, 0.2) is 12.1 Å². The number of rotatable bonds is 2. The third-order valence-corrected chi connectivity index (χ3v) is 3.14. The highest BCUT2D eigenvalue weighted by Crippen LogP contribution is 2.24. The lowest BCUT2D eigenvalue weighted by Gasteiger charge is -2.23. The number of nitriles is 1. The molecule has 1 atom stereocenters. The van der Waals surface area contributed by atoms with Crippen LogP contribution in [-0.2, 0) is 6.42 Å². The molecule has 2 rings (SSSR count). The average Bonchev–Trinajstić information content (AvgIpc) is 2.35. The van der Waals surface area contributed by atoms with Crippen LogP contribution in [-0.4, -0.2) is 17.7 Å². The van der Waals surface area contributed by atoms with Crippen LogP contribution in [0.3, 0.4) is 0 Å². The highest BCUT2D eigenvalue weighted by molar-refractivity contribution is 5.45. The van der Waals surface area contributed by atoms with Crippen LogP contribution >= 0.6 is 0 Å². The molecular weight excluding hydrogens is 219 g/mol. The molecule has 0 bridgehead atoms. The maximum atomic E-state index is 13.4. The summed E-state index contributed by atoms with van der Waals surface area (Å²) in [5, 5.41) is 21.5. The lowest BCUT2D eigenvalue weighted by atomic mass is 9.96. The van der Waals surface area contributed by atoms with Gasteiger partial charge in [-0.25, -0.2) is 4.39 Å². The number of aromatic hydroxyl groups is 1. The first kappa shape index (κ1) is 11.9. The highest BCUT2D eigenvalue weighted by atomic mass is 19.1. The highest BCUT2D eigenvalue weighted by Gasteiger charge is 2.15. The van der Waals surface area contributed by atoms with Gasteiger partial charge < -0.3 is 10.4 Å². The quantitative estimate of drug-likeness (QED) is 0.823. The molecule has 17 heavy (non-hydrogen) atoms. The zero-order chi connectivity index (χ0) is 12.3. The molecule has 0 amide bonds. The Morgan fingerprint density at radius 1 is 1.47 bits per heavy atom. The van der Waals surface area contributed by atoms with E-state index >= 15 is 0 Å². The molecule has 1 aromatic carbocycles. The first-order valence-electron chi connectivity index (χ1n) is 5.85. The molecule has 1 aliphatic heterocycles. The lowest BCUT2D eigenvalue weighted by Crippen LogP contribution is -2.35. The van der Waals surface area contributed by atoms with Gasteiger partial charge in [0.25, 0.3) is 0 Å². The van der Waals surface area contributed by atoms with Crippen molar-refractivity contribution in [2.24, 2.45) is 0 Å². The van der Waals surface area contributed by atoms with Crippen molar-refractivity contribution in [2.45, 2.75) is 31.7 Å². The second kappa shape index (κ2) is 5.15. The summed E-state index contributed by atoms with van der Waals surface area (Å²) in [6, 6.07) is 5.03. The van der Waals surface area contributed by atoms with Gasteiger partial charge in [-0.2, -0.15) is 5.26 Å². The van der Waals surface area contributed by atoms with Gasteiger partial charge in [0.15, 0.2) is 11.6 Å². The molecule has 1 saturated heterocycles. The van der Waals surface area contributed by atoms with Gasteiger partial charge in [0, 0.05) is 6.04 Å². The predicted molar refractivity (Wildman–Crippen MR) is 62.1 cm³/mol. The Hall–Kier alpha value is -1.60. The second-order valence-electron chi connectivity index (χ2n) is 4.44. The fourth-order valence-electron chi connectivity index (χ4n) is 2.24. The van der Waals surface area contributed by atoms with Crippen molar-refractivity contribution < 1.29 is 9.50 Å². The molecule has 90 valence electrons. The van der Waals surface area contributed by atoms with E-state index in [4.69, 9.17) is 5.26 Å². The van der Waals surface area contributed by atoms with Crippen LogP contribution in [0.25, 0.3) is 0 Å². The van der Waals surface area contributed by atoms with E-state index in [2.05, 4.69) is 5.32 Å². The minimum absolute atomic E-state index is 0.0100. The normalized spacial score (nSPS) is 19.9. The first-order chi connectivity index (χ1) is 8.20. The van der Waals surface area contributed by atoms with Crippen molar-refractivity contribution in [1.29, 1.82) is 5.26 Å². The lowest BCUT2D eigenvalue weighted by molar-refractivity contribution is 0.397. The van der Waals surface area contributed by atoms with Crippen molar-refractivity contribution in [3.8, 4) is 11.8 Å². The van der Waals surface area contributed by atoms with Gasteiger partial charge in [-0.3, -0.25) is 0 Å². The summed E-state index contributed by atoms with van der Waals surface area (Å²) >= 11 is 0. The van der Waals surface area contributed by atoms with Crippen molar-refractivity contribution in [3.63, 3.8) is 0 Å². The molecule has 1 fully saturated rings. The maximum absolute atomic E-state index is 13.4. The van der Waals surface area contributed by atoms with E-state index in [0.29, 0.717) is 12.5 Å². The van der Waals surface area contributed by atoms with Crippen molar-refractivity contribution in [1.82, 2.24) is 5.32 Å². The van der Waals surface area contributed by atoms with Crippen molar-refractivity contribution in [3.05, 3.63) is 29.1 Å². The number of piperidine rings is 1. The van der Waals surface area contributed by atoms with Crippen LogP contribution in [0, 0.1) is 17.1 Å². The van der Waals surface area contributed by atoms with Gasteiger partial charge in [-0.05, 0) is 43.5 Å². The number of hydrogen-bond acceptors (Lipinski definition) is 3. The van der Waals surface area contributed by atoms with Gasteiger partial charge >= 0.3 is 0 Å². The average molecular weight is 234 g/mol. The van der Waals surface area contributed by atoms with E-state index in [1.807, 2.05) is 0 Å². The minimum Gasteiger partial charge on any atom is -0.504 e. The van der Waals surface area contributed by atoms with E-state index in [-0.39, 0.29) is 5.56 Å². The van der Waals surface area contributed by atoms with Gasteiger partial charge in [0.1, 0.15) is 6.07 Å². The summed E-state index contributed by atoms with van der Waals surface area (Å²) in [5.41, 5.74) is 0.770. The van der Waals surface area contributed by atoms with Crippen LogP contribution < -0.4 is 5.32 Å². The number of hydrogen-bond donors (Lipinski definition) is 2. The summed E-state index contributed by atoms with van der Waals surface area (Å²) in [4.78, 5) is 0. The zero-order valence-electron chi connectivity index (χ0n) is 9.54. The van der Waals surface area contributed by atoms with Crippen molar-refractivity contribution in [2.75, 3.05) is 6.54 Å². The van der Waals surface area contributed by atoms with Crippen LogP contribution in [0.5, 0.6) is 5.75 Å². The molecule has 0 aliphatic carbocycles. The summed E-state index contributed by atoms with van der Waals surface area (Å²) in [5.74, 6) is -1.26. The molecule has 4 heteroatoms. The van der Waals surface area contributed by atoms with Crippen LogP contribution in [0.1, 0.15) is 30.4 Å². The Balaban J connectivity index is 2.16. The fraction of sp³-hybridized carbons (Fsp3) is 0.462. The minimum atomic E-state index is -0.713. The third kappa shape index (κ3) is 2.75. The van der Waals surface area contributed by atoms with Gasteiger partial charge in [-0.15, -0.1) is 0 Å². The zero-order valence-corrected chi connectivity index (χ0v) is 9.54. The molecule has 1 unspecified atom stereocenters. The first-order valence-corrected chi connectivity index (χ1v) is 5.85. The van der Waals surface area contributed by atoms with Gasteiger partial charge in [0.2, 0.25) is 0 Å². The number of nitrogens with zero attached hydrogens (tertiary/aromatic N) is 1. The number of halogens is 1. The molecule has 1 aliphatic rings. The standard InChI is InChI=1S/C13H15FN2O/c14-12-7-9(5-10(8-15)13(12)17)6-11-3-1-2-4-16-11/h5,7,11,16-17H,1-4,6H2. The summed E-state index contributed by atoms with van der Waals surface area (Å²) in [7, 11) is 0. The second-order valence-corrected chi connectivity index (χ2v) is 4.44. The van der Waals surface area contributed by atoms with E-state index in [0.717, 1.165) is 18.5 Å². The number of nitrogens with one attached hydrogen (secondary N) is 1. The Bertz CT molecular complexity index is 447. The fourth-order valence-corrected chi connectivity index (χ4v) is 2.24. The monoisotopic (exact) mass is 234 g/mol. The largest absolute Gasteiger partial charge is 0.504 e. The third-order valence-electron chi connectivity index (χ3n) is 3.14. The molecule has 2 N–H and O–H groups in total. The van der Waals surface area contributed by atoms with Crippen LogP contribution in [0.4, 0.5) is 4.39 Å². The Labute approximate surface area is 99.9 Å². The molecule has 0 spiro atoms. The Morgan fingerprint density at radius 3 is 2.94 bits per heavy atom. The topological polar surface area (TPSA) is 56.0 Å². The van der Waals surface area contributed by atoms with E-state index in [1.54, 1.807) is 12.1 Å². The van der Waals surface area contributed by atoms with Gasteiger partial charge in [-0.1, -0.05) is 6.42 Å². The molecule has 1 aromatic rings. The van der Waals surface area contributed by atoms with E-state index < -0.39 is 11.6 Å². The molecular formula is C13H15FN2O. The molecule has 0 saturated carbocycles.